The number of para-hydroxylation sites is 1. The molecule has 3 aromatic carbocycles. The molecule has 0 heterocycles. The number of benzene rings is 3. The van der Waals surface area contributed by atoms with Crippen molar-refractivity contribution in [3.05, 3.63) is 95.6 Å². The number of carbonyl (C=O) groups excluding carboxylic acids is 1. The zero-order valence-corrected chi connectivity index (χ0v) is 14.0. The molecule has 0 saturated heterocycles. The molecule has 0 spiro atoms. The standard InChI is InChI=1S/C21H18N2O3/c24-18-10-6-9-17(13-18)14-22-23-21(25)19-11-4-5-12-20(19)26-15-16-7-2-1-3-8-16/h1-14,24H,15H2,(H,23,25). The van der Waals surface area contributed by atoms with E-state index in [-0.39, 0.29) is 11.7 Å². The Hall–Kier alpha value is -3.60. The van der Waals surface area contributed by atoms with Crippen LogP contribution in [-0.4, -0.2) is 17.2 Å². The summed E-state index contributed by atoms with van der Waals surface area (Å²) < 4.78 is 5.78. The fourth-order valence-corrected chi connectivity index (χ4v) is 2.35. The first-order valence-corrected chi connectivity index (χ1v) is 8.10. The Kier molecular flexibility index (Phi) is 5.62. The summed E-state index contributed by atoms with van der Waals surface area (Å²) in [5.41, 5.74) is 4.57. The number of hydrogen-bond donors (Lipinski definition) is 2. The summed E-state index contributed by atoms with van der Waals surface area (Å²) in [4.78, 5) is 12.4. The number of rotatable bonds is 6. The predicted molar refractivity (Wildman–Crippen MR) is 100 cm³/mol. The fraction of sp³-hybridized carbons (Fsp3) is 0.0476. The third-order valence-electron chi connectivity index (χ3n) is 3.62. The number of ether oxygens (including phenoxy) is 1. The molecule has 0 aliphatic heterocycles. The van der Waals surface area contributed by atoms with E-state index in [9.17, 15) is 9.90 Å². The number of hydrogen-bond acceptors (Lipinski definition) is 4. The lowest BCUT2D eigenvalue weighted by Crippen LogP contribution is -2.18. The zero-order valence-electron chi connectivity index (χ0n) is 14.0. The Morgan fingerprint density at radius 3 is 2.58 bits per heavy atom. The minimum atomic E-state index is -0.370. The Morgan fingerprint density at radius 1 is 1.00 bits per heavy atom. The van der Waals surface area contributed by atoms with Gasteiger partial charge >= 0.3 is 0 Å². The molecule has 0 aliphatic rings. The first kappa shape index (κ1) is 17.2. The number of carbonyl (C=O) groups is 1. The number of hydrazone groups is 1. The van der Waals surface area contributed by atoms with Gasteiger partial charge in [0.1, 0.15) is 18.1 Å². The number of nitrogens with one attached hydrogen (secondary N) is 1. The van der Waals surface area contributed by atoms with Gasteiger partial charge in [-0.15, -0.1) is 0 Å². The highest BCUT2D eigenvalue weighted by Gasteiger charge is 2.11. The van der Waals surface area contributed by atoms with Crippen molar-refractivity contribution >= 4 is 12.1 Å². The van der Waals surface area contributed by atoms with Gasteiger partial charge in [0.15, 0.2) is 0 Å². The summed E-state index contributed by atoms with van der Waals surface area (Å²) in [5.74, 6) is 0.256. The number of aromatic hydroxyl groups is 1. The molecule has 3 rings (SSSR count). The van der Waals surface area contributed by atoms with Gasteiger partial charge in [-0.1, -0.05) is 54.6 Å². The van der Waals surface area contributed by atoms with Gasteiger partial charge in [0.05, 0.1) is 11.8 Å². The van der Waals surface area contributed by atoms with E-state index in [2.05, 4.69) is 10.5 Å². The molecule has 0 aromatic heterocycles. The fourth-order valence-electron chi connectivity index (χ4n) is 2.35. The van der Waals surface area contributed by atoms with Crippen molar-refractivity contribution in [1.29, 1.82) is 0 Å². The van der Waals surface area contributed by atoms with E-state index in [1.165, 1.54) is 6.21 Å². The third-order valence-corrected chi connectivity index (χ3v) is 3.62. The van der Waals surface area contributed by atoms with Gasteiger partial charge in [-0.25, -0.2) is 5.43 Å². The van der Waals surface area contributed by atoms with Crippen molar-refractivity contribution in [3.63, 3.8) is 0 Å². The smallest absolute Gasteiger partial charge is 0.275 e. The van der Waals surface area contributed by atoms with Gasteiger partial charge < -0.3 is 9.84 Å². The molecule has 0 saturated carbocycles. The monoisotopic (exact) mass is 346 g/mol. The van der Waals surface area contributed by atoms with E-state index in [1.54, 1.807) is 42.5 Å². The van der Waals surface area contributed by atoms with Crippen LogP contribution in [0.1, 0.15) is 21.5 Å². The number of phenols is 1. The summed E-state index contributed by atoms with van der Waals surface area (Å²) in [6.07, 6.45) is 1.46. The molecule has 3 aromatic rings. The van der Waals surface area contributed by atoms with Crippen LogP contribution in [0.5, 0.6) is 11.5 Å². The van der Waals surface area contributed by atoms with Crippen molar-refractivity contribution in [1.82, 2.24) is 5.43 Å². The molecule has 0 atom stereocenters. The Bertz CT molecular complexity index is 908. The lowest BCUT2D eigenvalue weighted by atomic mass is 10.2. The van der Waals surface area contributed by atoms with Crippen LogP contribution in [-0.2, 0) is 6.61 Å². The normalized spacial score (nSPS) is 10.6. The molecular formula is C21H18N2O3. The molecule has 2 N–H and O–H groups in total. The summed E-state index contributed by atoms with van der Waals surface area (Å²) >= 11 is 0. The highest BCUT2D eigenvalue weighted by molar-refractivity contribution is 5.97. The maximum Gasteiger partial charge on any atom is 0.275 e. The Morgan fingerprint density at radius 2 is 1.77 bits per heavy atom. The summed E-state index contributed by atoms with van der Waals surface area (Å²) in [5, 5.41) is 13.4. The van der Waals surface area contributed by atoms with Gasteiger partial charge in [-0.2, -0.15) is 5.10 Å². The maximum absolute atomic E-state index is 12.4. The van der Waals surface area contributed by atoms with E-state index in [0.29, 0.717) is 23.5 Å². The molecule has 0 unspecified atom stereocenters. The third kappa shape index (κ3) is 4.70. The predicted octanol–water partition coefficient (Wildman–Crippen LogP) is 3.74. The quantitative estimate of drug-likeness (QED) is 0.528. The van der Waals surface area contributed by atoms with Crippen LogP contribution in [0.4, 0.5) is 0 Å². The minimum Gasteiger partial charge on any atom is -0.508 e. The molecule has 0 fully saturated rings. The second-order valence-electron chi connectivity index (χ2n) is 5.56. The molecule has 5 heteroatoms. The van der Waals surface area contributed by atoms with Crippen LogP contribution in [0.3, 0.4) is 0 Å². The van der Waals surface area contributed by atoms with Crippen molar-refractivity contribution in [2.24, 2.45) is 5.10 Å². The van der Waals surface area contributed by atoms with Gasteiger partial charge in [0.2, 0.25) is 0 Å². The SMILES string of the molecule is O=C(NN=Cc1cccc(O)c1)c1ccccc1OCc1ccccc1. The second-order valence-corrected chi connectivity index (χ2v) is 5.56. The van der Waals surface area contributed by atoms with E-state index < -0.39 is 0 Å². The summed E-state index contributed by atoms with van der Waals surface area (Å²) in [6, 6.07) is 23.3. The molecule has 26 heavy (non-hydrogen) atoms. The topological polar surface area (TPSA) is 70.9 Å². The lowest BCUT2D eigenvalue weighted by Gasteiger charge is -2.10. The van der Waals surface area contributed by atoms with Gasteiger partial charge in [0, 0.05) is 0 Å². The average Bonchev–Trinajstić information content (AvgIpc) is 2.67. The van der Waals surface area contributed by atoms with Crippen LogP contribution in [0.2, 0.25) is 0 Å². The minimum absolute atomic E-state index is 0.139. The molecule has 130 valence electrons. The number of amides is 1. The first-order valence-electron chi connectivity index (χ1n) is 8.10. The van der Waals surface area contributed by atoms with Crippen LogP contribution in [0.15, 0.2) is 84.0 Å². The molecule has 1 amide bonds. The largest absolute Gasteiger partial charge is 0.508 e. The van der Waals surface area contributed by atoms with Crippen molar-refractivity contribution in [3.8, 4) is 11.5 Å². The average molecular weight is 346 g/mol. The van der Waals surface area contributed by atoms with Gasteiger partial charge in [-0.05, 0) is 35.4 Å². The van der Waals surface area contributed by atoms with Crippen molar-refractivity contribution in [2.45, 2.75) is 6.61 Å². The lowest BCUT2D eigenvalue weighted by molar-refractivity contribution is 0.0950. The van der Waals surface area contributed by atoms with Crippen LogP contribution in [0, 0.1) is 0 Å². The number of phenolic OH excluding ortho intramolecular Hbond substituents is 1. The van der Waals surface area contributed by atoms with Gasteiger partial charge in [-0.3, -0.25) is 4.79 Å². The Balaban J connectivity index is 1.65. The van der Waals surface area contributed by atoms with Crippen LogP contribution >= 0.6 is 0 Å². The van der Waals surface area contributed by atoms with Crippen LogP contribution < -0.4 is 10.2 Å². The van der Waals surface area contributed by atoms with Crippen molar-refractivity contribution in [2.75, 3.05) is 0 Å². The van der Waals surface area contributed by atoms with Gasteiger partial charge in [0.25, 0.3) is 5.91 Å². The number of nitrogens with zero attached hydrogens (tertiary/aromatic N) is 1. The Labute approximate surface area is 151 Å². The molecule has 0 radical (unpaired) electrons. The highest BCUT2D eigenvalue weighted by Crippen LogP contribution is 2.19. The van der Waals surface area contributed by atoms with E-state index in [1.807, 2.05) is 36.4 Å². The zero-order chi connectivity index (χ0) is 18.2. The van der Waals surface area contributed by atoms with Crippen LogP contribution in [0.25, 0.3) is 0 Å². The molecular weight excluding hydrogens is 328 g/mol. The van der Waals surface area contributed by atoms with E-state index >= 15 is 0 Å². The molecule has 5 nitrogen and oxygen atoms in total. The molecule has 0 bridgehead atoms. The second kappa shape index (κ2) is 8.48. The highest BCUT2D eigenvalue weighted by atomic mass is 16.5. The van der Waals surface area contributed by atoms with E-state index in [0.717, 1.165) is 5.56 Å². The summed E-state index contributed by atoms with van der Waals surface area (Å²) in [7, 11) is 0. The first-order chi connectivity index (χ1) is 12.7. The van der Waals surface area contributed by atoms with E-state index in [4.69, 9.17) is 4.74 Å². The summed E-state index contributed by atoms with van der Waals surface area (Å²) in [6.45, 7) is 0.373. The van der Waals surface area contributed by atoms with Crippen molar-refractivity contribution < 1.29 is 14.6 Å². The maximum atomic E-state index is 12.4. The molecule has 0 aliphatic carbocycles.